The summed E-state index contributed by atoms with van der Waals surface area (Å²) in [4.78, 5) is 65.4. The minimum atomic E-state index is -0.455. The van der Waals surface area contributed by atoms with E-state index in [-0.39, 0.29) is 53.2 Å². The number of hydrogen-bond acceptors (Lipinski definition) is 12. The van der Waals surface area contributed by atoms with Crippen molar-refractivity contribution in [3.05, 3.63) is 63.8 Å². The molecule has 3 fully saturated rings. The van der Waals surface area contributed by atoms with Gasteiger partial charge in [-0.05, 0) is 69.7 Å². The number of nitrogens with one attached hydrogen (secondary N) is 3. The number of likely N-dealkylation sites (N-methyl/N-ethyl adjacent to an activating group) is 1. The maximum absolute atomic E-state index is 13.2. The van der Waals surface area contributed by atoms with Crippen molar-refractivity contribution in [1.82, 2.24) is 39.9 Å². The first-order chi connectivity index (χ1) is 27.3. The normalized spacial score (nSPS) is 20.5. The molecular weight excluding hydrogens is 752 g/mol. The van der Waals surface area contributed by atoms with E-state index in [9.17, 15) is 19.2 Å². The Labute approximate surface area is 333 Å². The second-order valence-electron chi connectivity index (χ2n) is 15.8. The Morgan fingerprint density at radius 1 is 1.11 bits per heavy atom. The molecule has 57 heavy (non-hydrogen) atoms. The van der Waals surface area contributed by atoms with Gasteiger partial charge in [0.2, 0.25) is 17.8 Å². The number of pyridine rings is 2. The Hall–Kier alpha value is -5.77. The molecule has 1 saturated carbocycles. The lowest BCUT2D eigenvalue weighted by atomic mass is 9.64. The SMILES string of the molecule is CNC(=O)COc1cc2cc(Nc3nc(N4CC5(CC[C@H](Oc6ccc7c(C8CCC(=O)NC8=O)nn(C)c7c6)[C@H](C)C5)C4)ncc3Cl)cnc2n(C(C)C)c1=O. The highest BCUT2D eigenvalue weighted by Gasteiger charge is 2.49. The van der Waals surface area contributed by atoms with Crippen molar-refractivity contribution in [3.63, 3.8) is 0 Å². The van der Waals surface area contributed by atoms with Crippen molar-refractivity contribution < 1.29 is 23.9 Å². The molecular formula is C40H45ClN10O6. The summed E-state index contributed by atoms with van der Waals surface area (Å²) in [6, 6.07) is 9.12. The predicted octanol–water partition coefficient (Wildman–Crippen LogP) is 4.77. The molecule has 1 aliphatic carbocycles. The summed E-state index contributed by atoms with van der Waals surface area (Å²) in [5.41, 5.74) is 2.41. The number of hydrogen-bond donors (Lipinski definition) is 3. The van der Waals surface area contributed by atoms with E-state index in [0.717, 1.165) is 49.0 Å². The summed E-state index contributed by atoms with van der Waals surface area (Å²) in [7, 11) is 3.36. The van der Waals surface area contributed by atoms with Gasteiger partial charge in [-0.15, -0.1) is 0 Å². The number of fused-ring (bicyclic) bond motifs is 2. The molecule has 2 aliphatic heterocycles. The van der Waals surface area contributed by atoms with Crippen LogP contribution in [-0.4, -0.2) is 79.9 Å². The van der Waals surface area contributed by atoms with E-state index < -0.39 is 5.92 Å². The van der Waals surface area contributed by atoms with Crippen LogP contribution in [0.2, 0.25) is 5.02 Å². The quantitative estimate of drug-likeness (QED) is 0.165. The Bertz CT molecular complexity index is 2480. The number of rotatable bonds is 10. The molecule has 3 N–H and O–H groups in total. The number of amides is 3. The number of anilines is 3. The summed E-state index contributed by atoms with van der Waals surface area (Å²) in [5.74, 6) is 0.791. The molecule has 0 bridgehead atoms. The Morgan fingerprint density at radius 2 is 1.91 bits per heavy atom. The second-order valence-corrected chi connectivity index (χ2v) is 16.2. The number of benzene rings is 1. The number of piperidine rings is 1. The van der Waals surface area contributed by atoms with E-state index >= 15 is 0 Å². The van der Waals surface area contributed by atoms with Gasteiger partial charge < -0.3 is 25.0 Å². The molecule has 4 aromatic heterocycles. The topological polar surface area (TPSA) is 187 Å². The predicted molar refractivity (Wildman–Crippen MR) is 214 cm³/mol. The van der Waals surface area contributed by atoms with Crippen molar-refractivity contribution in [2.75, 3.05) is 37.0 Å². The minimum Gasteiger partial charge on any atom is -0.490 e. The number of ether oxygens (including phenoxy) is 2. The number of carbonyl (C=O) groups excluding carboxylic acids is 3. The third-order valence-electron chi connectivity index (χ3n) is 11.4. The van der Waals surface area contributed by atoms with Gasteiger partial charge in [0.1, 0.15) is 22.5 Å². The van der Waals surface area contributed by atoms with Crippen LogP contribution in [0.3, 0.4) is 0 Å². The maximum atomic E-state index is 13.2. The standard InChI is InChI=1S/C40H45ClN10O6/c1-21(2)51-36-23(13-31(38(51)55)56-18-33(53)42-4)12-24(16-43-36)45-35-28(41)17-44-39(47-35)50-19-40(20-50)11-10-30(22(3)15-40)57-25-6-7-26-29(14-25)49(5)48-34(26)27-8-9-32(52)46-37(27)54/h6-7,12-14,16-17,21-22,27,30H,8-11,15,18-20H2,1-5H3,(H,42,53)(H,44,45,47)(H,46,52,54)/t22-,27?,30+/m1/s1. The van der Waals surface area contributed by atoms with Crippen molar-refractivity contribution in [2.45, 2.75) is 70.9 Å². The first-order valence-electron chi connectivity index (χ1n) is 19.2. The van der Waals surface area contributed by atoms with Gasteiger partial charge in [0.05, 0.1) is 35.2 Å². The maximum Gasteiger partial charge on any atom is 0.294 e. The van der Waals surface area contributed by atoms with Crippen LogP contribution < -0.4 is 35.9 Å². The number of aromatic nitrogens is 6. The van der Waals surface area contributed by atoms with Gasteiger partial charge in [-0.25, -0.2) is 9.97 Å². The molecule has 2 saturated heterocycles. The van der Waals surface area contributed by atoms with Gasteiger partial charge in [-0.3, -0.25) is 33.7 Å². The zero-order valence-electron chi connectivity index (χ0n) is 32.5. The van der Waals surface area contributed by atoms with E-state index in [2.05, 4.69) is 42.8 Å². The largest absolute Gasteiger partial charge is 0.490 e. The van der Waals surface area contributed by atoms with Crippen LogP contribution >= 0.6 is 11.6 Å². The highest BCUT2D eigenvalue weighted by Crippen LogP contribution is 2.48. The van der Waals surface area contributed by atoms with Crippen LogP contribution in [0.15, 0.2) is 47.5 Å². The number of aryl methyl sites for hydroxylation is 1. The van der Waals surface area contributed by atoms with Crippen LogP contribution in [0.4, 0.5) is 17.5 Å². The summed E-state index contributed by atoms with van der Waals surface area (Å²) in [6.07, 6.45) is 6.93. The Balaban J connectivity index is 0.918. The van der Waals surface area contributed by atoms with Gasteiger partial charge in [0.15, 0.2) is 18.2 Å². The summed E-state index contributed by atoms with van der Waals surface area (Å²) in [5, 5.41) is 14.7. The van der Waals surface area contributed by atoms with Crippen molar-refractivity contribution in [1.29, 1.82) is 0 Å². The third-order valence-corrected chi connectivity index (χ3v) is 11.7. The summed E-state index contributed by atoms with van der Waals surface area (Å²) >= 11 is 6.58. The van der Waals surface area contributed by atoms with Gasteiger partial charge in [-0.2, -0.15) is 10.1 Å². The lowest BCUT2D eigenvalue weighted by Gasteiger charge is -2.55. The smallest absolute Gasteiger partial charge is 0.294 e. The molecule has 3 amide bonds. The number of halogens is 1. The lowest BCUT2D eigenvalue weighted by Crippen LogP contribution is -2.60. The molecule has 16 nitrogen and oxygen atoms in total. The van der Waals surface area contributed by atoms with Crippen LogP contribution in [0.25, 0.3) is 21.9 Å². The highest BCUT2D eigenvalue weighted by molar-refractivity contribution is 6.33. The number of nitrogens with zero attached hydrogens (tertiary/aromatic N) is 7. The zero-order valence-corrected chi connectivity index (χ0v) is 33.2. The van der Waals surface area contributed by atoms with Gasteiger partial charge in [0, 0.05) is 61.9 Å². The first-order valence-corrected chi connectivity index (χ1v) is 19.6. The van der Waals surface area contributed by atoms with Gasteiger partial charge in [0.25, 0.3) is 11.5 Å². The van der Waals surface area contributed by atoms with E-state index in [4.69, 9.17) is 26.1 Å². The summed E-state index contributed by atoms with van der Waals surface area (Å²) < 4.78 is 15.5. The Kier molecular flexibility index (Phi) is 10.0. The van der Waals surface area contributed by atoms with E-state index in [0.29, 0.717) is 58.0 Å². The zero-order chi connectivity index (χ0) is 40.2. The van der Waals surface area contributed by atoms with E-state index in [1.54, 1.807) is 23.1 Å². The number of imide groups is 1. The fourth-order valence-corrected chi connectivity index (χ4v) is 8.68. The van der Waals surface area contributed by atoms with Gasteiger partial charge >= 0.3 is 0 Å². The molecule has 1 unspecified atom stereocenters. The van der Waals surface area contributed by atoms with Crippen LogP contribution in [0.1, 0.15) is 70.5 Å². The van der Waals surface area contributed by atoms with Crippen LogP contribution in [0, 0.1) is 11.3 Å². The minimum absolute atomic E-state index is 0.0519. The summed E-state index contributed by atoms with van der Waals surface area (Å²) in [6.45, 7) is 7.36. The van der Waals surface area contributed by atoms with Crippen molar-refractivity contribution in [2.24, 2.45) is 18.4 Å². The molecule has 17 heteroatoms. The molecule has 8 rings (SSSR count). The first kappa shape index (κ1) is 38.1. The van der Waals surface area contributed by atoms with Crippen molar-refractivity contribution >= 4 is 68.7 Å². The molecule has 3 aliphatic rings. The third kappa shape index (κ3) is 7.33. The molecule has 298 valence electrons. The van der Waals surface area contributed by atoms with Gasteiger partial charge in [-0.1, -0.05) is 18.5 Å². The molecule has 1 aromatic carbocycles. The average molecular weight is 797 g/mol. The molecule has 0 radical (unpaired) electrons. The average Bonchev–Trinajstić information content (AvgIpc) is 3.49. The second kappa shape index (κ2) is 15.0. The number of carbonyl (C=O) groups is 3. The molecule has 3 atom stereocenters. The fraction of sp³-hybridized carbons (Fsp3) is 0.450. The molecule has 6 heterocycles. The fourth-order valence-electron chi connectivity index (χ4n) is 8.54. The highest BCUT2D eigenvalue weighted by atomic mass is 35.5. The van der Waals surface area contributed by atoms with Crippen LogP contribution in [-0.2, 0) is 21.4 Å². The molecule has 5 aromatic rings. The Morgan fingerprint density at radius 3 is 2.65 bits per heavy atom. The van der Waals surface area contributed by atoms with Crippen LogP contribution in [0.5, 0.6) is 11.5 Å². The lowest BCUT2D eigenvalue weighted by molar-refractivity contribution is -0.134. The molecule has 1 spiro atoms. The van der Waals surface area contributed by atoms with Crippen molar-refractivity contribution in [3.8, 4) is 11.5 Å². The van der Waals surface area contributed by atoms with E-state index in [1.165, 1.54) is 11.6 Å². The monoisotopic (exact) mass is 796 g/mol. The van der Waals surface area contributed by atoms with E-state index in [1.807, 2.05) is 45.2 Å².